The number of rotatable bonds is 5. The van der Waals surface area contributed by atoms with Crippen LogP contribution in [0.2, 0.25) is 0 Å². The van der Waals surface area contributed by atoms with Crippen molar-refractivity contribution in [2.45, 2.75) is 6.92 Å². The van der Waals surface area contributed by atoms with Gasteiger partial charge in [0.25, 0.3) is 0 Å². The van der Waals surface area contributed by atoms with Crippen molar-refractivity contribution in [1.29, 1.82) is 0 Å². The zero-order chi connectivity index (χ0) is 12.6. The molecule has 1 atom stereocenters. The number of carbonyl (C=O) groups excluding carboxylic acids is 3. The molecule has 16 heavy (non-hydrogen) atoms. The van der Waals surface area contributed by atoms with E-state index in [1.807, 2.05) is 0 Å². The Morgan fingerprint density at radius 1 is 1.38 bits per heavy atom. The predicted molar refractivity (Wildman–Crippen MR) is 61.1 cm³/mol. The number of esters is 1. The van der Waals surface area contributed by atoms with Gasteiger partial charge in [0.05, 0.1) is 18.8 Å². The molecule has 7 heteroatoms. The highest BCUT2D eigenvalue weighted by molar-refractivity contribution is 7.99. The minimum absolute atomic E-state index is 0.134. The Bertz CT molecular complexity index is 270. The van der Waals surface area contributed by atoms with E-state index in [0.29, 0.717) is 5.75 Å². The van der Waals surface area contributed by atoms with E-state index in [1.165, 1.54) is 25.9 Å². The van der Waals surface area contributed by atoms with Crippen LogP contribution in [0.1, 0.15) is 6.92 Å². The Hall–Kier alpha value is -1.24. The lowest BCUT2D eigenvalue weighted by Gasteiger charge is -2.08. The molecule has 0 spiro atoms. The van der Waals surface area contributed by atoms with Crippen LogP contribution < -0.4 is 10.6 Å². The van der Waals surface area contributed by atoms with E-state index in [1.54, 1.807) is 6.92 Å². The molecule has 0 radical (unpaired) electrons. The second-order valence-corrected chi connectivity index (χ2v) is 4.10. The topological polar surface area (TPSA) is 84.5 Å². The molecule has 0 fully saturated rings. The summed E-state index contributed by atoms with van der Waals surface area (Å²) >= 11 is 1.27. The molecule has 0 aromatic rings. The third kappa shape index (κ3) is 6.28. The largest absolute Gasteiger partial charge is 0.469 e. The molecule has 0 aliphatic carbocycles. The summed E-state index contributed by atoms with van der Waals surface area (Å²) in [4.78, 5) is 32.9. The number of hydrogen-bond acceptors (Lipinski definition) is 5. The van der Waals surface area contributed by atoms with Gasteiger partial charge in [-0.05, 0) is 0 Å². The minimum Gasteiger partial charge on any atom is -0.469 e. The first kappa shape index (κ1) is 14.8. The third-order valence-electron chi connectivity index (χ3n) is 1.68. The Morgan fingerprint density at radius 2 is 2.00 bits per heavy atom. The molecule has 0 rings (SSSR count). The van der Waals surface area contributed by atoms with Crippen LogP contribution in [0.15, 0.2) is 0 Å². The maximum atomic E-state index is 11.1. The summed E-state index contributed by atoms with van der Waals surface area (Å²) in [5.74, 6) is -0.341. The molecule has 0 aliphatic rings. The van der Waals surface area contributed by atoms with E-state index < -0.39 is 6.03 Å². The van der Waals surface area contributed by atoms with Gasteiger partial charge in [0.1, 0.15) is 0 Å². The van der Waals surface area contributed by atoms with Crippen molar-refractivity contribution in [3.05, 3.63) is 0 Å². The van der Waals surface area contributed by atoms with Crippen LogP contribution >= 0.6 is 11.8 Å². The van der Waals surface area contributed by atoms with Gasteiger partial charge in [0.2, 0.25) is 5.91 Å². The lowest BCUT2D eigenvalue weighted by atomic mass is 10.2. The smallest absolute Gasteiger partial charge is 0.321 e. The minimum atomic E-state index is -0.536. The first-order valence-electron chi connectivity index (χ1n) is 4.68. The number of hydrogen-bond donors (Lipinski definition) is 2. The van der Waals surface area contributed by atoms with Crippen LogP contribution in [-0.4, -0.2) is 43.6 Å². The number of methoxy groups -OCH3 is 1. The number of carbonyl (C=O) groups is 3. The van der Waals surface area contributed by atoms with E-state index in [9.17, 15) is 14.4 Å². The second kappa shape index (κ2) is 7.98. The van der Waals surface area contributed by atoms with Crippen LogP contribution in [0.25, 0.3) is 0 Å². The lowest BCUT2D eigenvalue weighted by molar-refractivity contribution is -0.144. The molecule has 0 aromatic heterocycles. The fourth-order valence-corrected chi connectivity index (χ4v) is 1.69. The first-order chi connectivity index (χ1) is 7.51. The van der Waals surface area contributed by atoms with Crippen molar-refractivity contribution in [3.63, 3.8) is 0 Å². The highest BCUT2D eigenvalue weighted by atomic mass is 32.2. The van der Waals surface area contributed by atoms with Gasteiger partial charge in [-0.2, -0.15) is 11.8 Å². The normalized spacial score (nSPS) is 11.4. The molecule has 6 nitrogen and oxygen atoms in total. The van der Waals surface area contributed by atoms with Gasteiger partial charge < -0.3 is 10.1 Å². The Kier molecular flexibility index (Phi) is 7.36. The lowest BCUT2D eigenvalue weighted by Crippen LogP contribution is -2.38. The average Bonchev–Trinajstić information content (AvgIpc) is 2.27. The maximum Gasteiger partial charge on any atom is 0.321 e. The van der Waals surface area contributed by atoms with Crippen molar-refractivity contribution in [3.8, 4) is 0 Å². The quantitative estimate of drug-likeness (QED) is 0.668. The summed E-state index contributed by atoms with van der Waals surface area (Å²) in [7, 11) is 2.75. The zero-order valence-electron chi connectivity index (χ0n) is 9.53. The van der Waals surface area contributed by atoms with E-state index in [-0.39, 0.29) is 23.5 Å². The van der Waals surface area contributed by atoms with Crippen LogP contribution in [0.4, 0.5) is 4.79 Å². The Morgan fingerprint density at radius 3 is 2.50 bits per heavy atom. The number of amides is 3. The van der Waals surface area contributed by atoms with Crippen LogP contribution in [0.3, 0.4) is 0 Å². The van der Waals surface area contributed by atoms with Gasteiger partial charge in [0, 0.05) is 12.8 Å². The van der Waals surface area contributed by atoms with Crippen molar-refractivity contribution >= 4 is 29.7 Å². The van der Waals surface area contributed by atoms with E-state index in [4.69, 9.17) is 0 Å². The molecule has 2 N–H and O–H groups in total. The molecule has 1 unspecified atom stereocenters. The number of nitrogens with one attached hydrogen (secondary N) is 2. The Balaban J connectivity index is 3.69. The molecule has 0 bridgehead atoms. The van der Waals surface area contributed by atoms with Gasteiger partial charge in [-0.15, -0.1) is 0 Å². The summed E-state index contributed by atoms with van der Waals surface area (Å²) in [5.41, 5.74) is 0. The molecule has 0 aromatic carbocycles. The highest BCUT2D eigenvalue weighted by Crippen LogP contribution is 2.09. The molecular formula is C9H16N2O4S. The average molecular weight is 248 g/mol. The molecular weight excluding hydrogens is 232 g/mol. The molecule has 92 valence electrons. The first-order valence-corrected chi connectivity index (χ1v) is 5.83. The van der Waals surface area contributed by atoms with E-state index in [2.05, 4.69) is 15.4 Å². The summed E-state index contributed by atoms with van der Waals surface area (Å²) in [6.07, 6.45) is 0. The van der Waals surface area contributed by atoms with Crippen molar-refractivity contribution in [1.82, 2.24) is 10.6 Å². The molecule has 0 saturated heterocycles. The maximum absolute atomic E-state index is 11.1. The van der Waals surface area contributed by atoms with Crippen molar-refractivity contribution < 1.29 is 19.1 Å². The molecule has 0 saturated carbocycles. The molecule has 0 heterocycles. The predicted octanol–water partition coefficient (Wildman–Crippen LogP) is -0.0157. The van der Waals surface area contributed by atoms with Crippen molar-refractivity contribution in [2.75, 3.05) is 25.7 Å². The fourth-order valence-electron chi connectivity index (χ4n) is 0.823. The van der Waals surface area contributed by atoms with Crippen LogP contribution in [0, 0.1) is 5.92 Å². The van der Waals surface area contributed by atoms with Crippen LogP contribution in [-0.2, 0) is 14.3 Å². The summed E-state index contributed by atoms with van der Waals surface area (Å²) in [6.45, 7) is 1.72. The summed E-state index contributed by atoms with van der Waals surface area (Å²) in [5, 5.41) is 4.39. The van der Waals surface area contributed by atoms with E-state index in [0.717, 1.165) is 0 Å². The standard InChI is InChI=1S/C9H16N2O4S/c1-6(8(13)15-3)4-16-5-7(12)11-9(14)10-2/h6H,4-5H2,1-3H3,(H2,10,11,12,14). The Labute approximate surface area is 98.5 Å². The monoisotopic (exact) mass is 248 g/mol. The van der Waals surface area contributed by atoms with Gasteiger partial charge in [-0.1, -0.05) is 6.92 Å². The summed E-state index contributed by atoms with van der Waals surface area (Å²) in [6, 6.07) is -0.536. The zero-order valence-corrected chi connectivity index (χ0v) is 10.3. The van der Waals surface area contributed by atoms with Crippen molar-refractivity contribution in [2.24, 2.45) is 5.92 Å². The number of ether oxygens (including phenoxy) is 1. The van der Waals surface area contributed by atoms with Gasteiger partial charge in [-0.3, -0.25) is 14.9 Å². The second-order valence-electron chi connectivity index (χ2n) is 3.07. The van der Waals surface area contributed by atoms with Crippen LogP contribution in [0.5, 0.6) is 0 Å². The third-order valence-corrected chi connectivity index (χ3v) is 2.89. The van der Waals surface area contributed by atoms with Gasteiger partial charge in [-0.25, -0.2) is 4.79 Å². The number of thioether (sulfide) groups is 1. The van der Waals surface area contributed by atoms with Gasteiger partial charge >= 0.3 is 12.0 Å². The fraction of sp³-hybridized carbons (Fsp3) is 0.667. The summed E-state index contributed by atoms with van der Waals surface area (Å²) < 4.78 is 4.53. The molecule has 3 amide bonds. The number of imide groups is 1. The van der Waals surface area contributed by atoms with E-state index >= 15 is 0 Å². The van der Waals surface area contributed by atoms with Gasteiger partial charge in [0.15, 0.2) is 0 Å². The molecule has 0 aliphatic heterocycles. The number of urea groups is 1. The highest BCUT2D eigenvalue weighted by Gasteiger charge is 2.14. The SMILES string of the molecule is CNC(=O)NC(=O)CSCC(C)C(=O)OC.